The van der Waals surface area contributed by atoms with Gasteiger partial charge in [-0.3, -0.25) is 9.96 Å². The van der Waals surface area contributed by atoms with E-state index < -0.39 is 4.65 Å². The lowest BCUT2D eigenvalue weighted by atomic mass is 10.3. The number of quaternary nitrogens is 1. The van der Waals surface area contributed by atoms with Crippen molar-refractivity contribution in [3.8, 4) is 5.75 Å². The van der Waals surface area contributed by atoms with Crippen molar-refractivity contribution in [1.29, 1.82) is 0 Å². The Hall–Kier alpha value is -1.77. The number of thiazole rings is 1. The molecule has 3 rings (SSSR count). The van der Waals surface area contributed by atoms with E-state index >= 15 is 0 Å². The highest BCUT2D eigenvalue weighted by Crippen LogP contribution is 2.38. The molecule has 1 aliphatic rings. The third-order valence-electron chi connectivity index (χ3n) is 5.16. The quantitative estimate of drug-likeness (QED) is 0.237. The summed E-state index contributed by atoms with van der Waals surface area (Å²) in [5.74, 6) is 0.814. The zero-order valence-corrected chi connectivity index (χ0v) is 18.1. The summed E-state index contributed by atoms with van der Waals surface area (Å²) < 4.78 is 6.35. The first-order valence-corrected chi connectivity index (χ1v) is 11.2. The molecular formula is C22H32N4O2S. The number of unbranched alkanes of at least 4 members (excludes halogenated alkanes) is 2. The Labute approximate surface area is 177 Å². The van der Waals surface area contributed by atoms with Crippen LogP contribution in [0.1, 0.15) is 32.6 Å². The van der Waals surface area contributed by atoms with Gasteiger partial charge in [0.25, 0.3) is 5.13 Å². The molecule has 0 saturated carbocycles. The van der Waals surface area contributed by atoms with Crippen LogP contribution in [0.4, 0.5) is 5.13 Å². The summed E-state index contributed by atoms with van der Waals surface area (Å²) in [7, 11) is 0. The van der Waals surface area contributed by atoms with Gasteiger partial charge < -0.3 is 9.94 Å². The predicted molar refractivity (Wildman–Crippen MR) is 123 cm³/mol. The summed E-state index contributed by atoms with van der Waals surface area (Å²) in [4.78, 5) is 6.96. The molecule has 2 atom stereocenters. The van der Waals surface area contributed by atoms with Crippen molar-refractivity contribution in [2.45, 2.75) is 38.8 Å². The molecule has 0 bridgehead atoms. The monoisotopic (exact) mass is 416 g/mol. The maximum Gasteiger partial charge on any atom is 0.289 e. The lowest BCUT2D eigenvalue weighted by molar-refractivity contribution is 0.273. The van der Waals surface area contributed by atoms with E-state index in [1.54, 1.807) is 6.08 Å². The molecular weight excluding hydrogens is 384 g/mol. The van der Waals surface area contributed by atoms with E-state index in [1.807, 2.05) is 24.3 Å². The van der Waals surface area contributed by atoms with Gasteiger partial charge in [-0.05, 0) is 31.4 Å². The van der Waals surface area contributed by atoms with Crippen molar-refractivity contribution in [2.75, 3.05) is 32.9 Å². The zero-order valence-electron chi connectivity index (χ0n) is 17.3. The van der Waals surface area contributed by atoms with Gasteiger partial charge in [0, 0.05) is 19.2 Å². The van der Waals surface area contributed by atoms with Gasteiger partial charge in [-0.1, -0.05) is 36.8 Å². The number of fused-ring (bicyclic) bond motifs is 1. The number of hydroxylamine groups is 2. The maximum atomic E-state index is 13.9. The number of allylic oxidation sites excluding steroid dienone is 1. The van der Waals surface area contributed by atoms with Crippen LogP contribution in [0.3, 0.4) is 0 Å². The lowest BCUT2D eigenvalue weighted by Gasteiger charge is -2.40. The molecule has 0 radical (unpaired) electrons. The van der Waals surface area contributed by atoms with Crippen LogP contribution >= 0.6 is 11.3 Å². The zero-order chi connectivity index (χ0) is 20.7. The molecule has 0 aliphatic carbocycles. The van der Waals surface area contributed by atoms with Gasteiger partial charge in [-0.25, -0.2) is 4.90 Å². The third kappa shape index (κ3) is 5.24. The molecule has 1 aromatic carbocycles. The van der Waals surface area contributed by atoms with Gasteiger partial charge in [-0.2, -0.15) is 4.98 Å². The fraction of sp³-hybridized carbons (Fsp3) is 0.500. The number of hydrogen-bond donors (Lipinski definition) is 1. The summed E-state index contributed by atoms with van der Waals surface area (Å²) in [5.41, 5.74) is 0.833. The summed E-state index contributed by atoms with van der Waals surface area (Å²) in [6.45, 7) is 13.0. The summed E-state index contributed by atoms with van der Waals surface area (Å²) in [5, 5.41) is 17.9. The largest absolute Gasteiger partial charge is 0.623 e. The Morgan fingerprint density at radius 3 is 3.00 bits per heavy atom. The summed E-state index contributed by atoms with van der Waals surface area (Å²) in [6, 6.07) is 5.92. The number of nitrogens with one attached hydrogen (secondary N) is 1. The van der Waals surface area contributed by atoms with Gasteiger partial charge >= 0.3 is 0 Å². The average Bonchev–Trinajstić information content (AvgIpc) is 3.28. The molecule has 1 N–H and O–H groups in total. The van der Waals surface area contributed by atoms with E-state index in [1.165, 1.54) is 11.3 Å². The van der Waals surface area contributed by atoms with Gasteiger partial charge in [-0.15, -0.1) is 13.2 Å². The van der Waals surface area contributed by atoms with Crippen molar-refractivity contribution in [3.63, 3.8) is 0 Å². The molecule has 0 amide bonds. The minimum atomic E-state index is -0.465. The Morgan fingerprint density at radius 1 is 1.38 bits per heavy atom. The number of nitrogens with zero attached hydrogens (tertiary/aromatic N) is 3. The highest BCUT2D eigenvalue weighted by atomic mass is 32.1. The third-order valence-corrected chi connectivity index (χ3v) is 6.31. The number of aromatic nitrogens is 1. The molecule has 158 valence electrons. The van der Waals surface area contributed by atoms with Crippen LogP contribution in [-0.2, 0) is 0 Å². The van der Waals surface area contributed by atoms with Crippen LogP contribution in [0.2, 0.25) is 0 Å². The van der Waals surface area contributed by atoms with Crippen LogP contribution in [-0.4, -0.2) is 49.0 Å². The molecule has 29 heavy (non-hydrogen) atoms. The maximum absolute atomic E-state index is 13.9. The molecule has 2 aromatic rings. The first kappa shape index (κ1) is 21.9. The van der Waals surface area contributed by atoms with E-state index in [0.29, 0.717) is 31.5 Å². The highest BCUT2D eigenvalue weighted by molar-refractivity contribution is 7.22. The highest BCUT2D eigenvalue weighted by Gasteiger charge is 2.43. The molecule has 1 aromatic heterocycles. The number of rotatable bonds is 12. The number of benzene rings is 1. The second kappa shape index (κ2) is 10.3. The van der Waals surface area contributed by atoms with E-state index in [-0.39, 0.29) is 6.17 Å². The predicted octanol–water partition coefficient (Wildman–Crippen LogP) is 4.62. The average molecular weight is 417 g/mol. The lowest BCUT2D eigenvalue weighted by Crippen LogP contribution is -2.55. The van der Waals surface area contributed by atoms with E-state index in [0.717, 1.165) is 48.2 Å². The van der Waals surface area contributed by atoms with Crippen LogP contribution in [0.15, 0.2) is 43.5 Å². The smallest absolute Gasteiger partial charge is 0.289 e. The normalized spacial score (nSPS) is 22.2. The Kier molecular flexibility index (Phi) is 7.80. The first-order valence-electron chi connectivity index (χ1n) is 10.4. The molecule has 1 saturated heterocycles. The van der Waals surface area contributed by atoms with Crippen LogP contribution in [0.25, 0.3) is 10.2 Å². The van der Waals surface area contributed by atoms with Crippen molar-refractivity contribution in [2.24, 2.45) is 0 Å². The second-order valence-corrected chi connectivity index (χ2v) is 8.49. The first-order chi connectivity index (χ1) is 14.1. The summed E-state index contributed by atoms with van der Waals surface area (Å²) in [6.07, 6.45) is 7.57. The van der Waals surface area contributed by atoms with E-state index in [9.17, 15) is 5.21 Å². The Bertz CT molecular complexity index is 824. The molecule has 2 heterocycles. The molecule has 2 unspecified atom stereocenters. The molecule has 7 heteroatoms. The van der Waals surface area contributed by atoms with Crippen LogP contribution < -0.4 is 14.7 Å². The molecule has 1 aliphatic heterocycles. The fourth-order valence-corrected chi connectivity index (χ4v) is 4.58. The van der Waals surface area contributed by atoms with E-state index in [4.69, 9.17) is 9.72 Å². The minimum absolute atomic E-state index is 0.252. The van der Waals surface area contributed by atoms with Crippen LogP contribution in [0.5, 0.6) is 5.75 Å². The second-order valence-electron chi connectivity index (χ2n) is 7.49. The number of hydrogen-bond acceptors (Lipinski definition) is 6. The van der Waals surface area contributed by atoms with Crippen molar-refractivity contribution < 1.29 is 4.74 Å². The minimum Gasteiger partial charge on any atom is -0.623 e. The van der Waals surface area contributed by atoms with E-state index in [2.05, 4.69) is 30.3 Å². The SMILES string of the molecule is C=CCCCN1CC(NCC=C)[N+]([O-])(c2nc3cc(OCCCC)ccc3s2)C1. The Balaban J connectivity index is 1.81. The van der Waals surface area contributed by atoms with Crippen LogP contribution in [0, 0.1) is 5.21 Å². The van der Waals surface area contributed by atoms with Gasteiger partial charge in [0.15, 0.2) is 6.17 Å². The molecule has 6 nitrogen and oxygen atoms in total. The van der Waals surface area contributed by atoms with Crippen molar-refractivity contribution in [3.05, 3.63) is 48.7 Å². The fourth-order valence-electron chi connectivity index (χ4n) is 3.56. The summed E-state index contributed by atoms with van der Waals surface area (Å²) >= 11 is 1.48. The van der Waals surface area contributed by atoms with Gasteiger partial charge in [0.05, 0.1) is 23.4 Å². The van der Waals surface area contributed by atoms with Crippen molar-refractivity contribution in [1.82, 2.24) is 19.8 Å². The standard InChI is InChI=1S/C22H32N4O2S/c1-4-7-9-13-25-16-21(23-12-6-3)26(27,17-25)22-24-19-15-18(28-14-8-5-2)10-11-20(19)29-22/h4,6,10-11,15,21,23H,1,3,5,7-9,12-14,16-17H2,2H3. The Morgan fingerprint density at radius 2 is 2.24 bits per heavy atom. The molecule has 0 spiro atoms. The topological polar surface area (TPSA) is 60.5 Å². The molecule has 1 fully saturated rings. The van der Waals surface area contributed by atoms with Gasteiger partial charge in [0.1, 0.15) is 12.4 Å². The van der Waals surface area contributed by atoms with Gasteiger partial charge in [0.2, 0.25) is 0 Å². The van der Waals surface area contributed by atoms with Crippen molar-refractivity contribution >= 4 is 26.7 Å². The number of ether oxygens (including phenoxy) is 1.